The maximum atomic E-state index is 12.4. The molecule has 2 N–H and O–H groups in total. The fourth-order valence-corrected chi connectivity index (χ4v) is 2.38. The number of carboxylic acid groups (broad SMARTS) is 1. The van der Waals surface area contributed by atoms with E-state index < -0.39 is 18.0 Å². The lowest BCUT2D eigenvalue weighted by atomic mass is 10.2. The summed E-state index contributed by atoms with van der Waals surface area (Å²) in [7, 11) is 1.33. The average molecular weight is 337 g/mol. The zero-order valence-corrected chi connectivity index (χ0v) is 13.6. The highest BCUT2D eigenvalue weighted by Crippen LogP contribution is 2.28. The number of nitrogens with zero attached hydrogens (tertiary/aromatic N) is 4. The van der Waals surface area contributed by atoms with E-state index in [2.05, 4.69) is 16.4 Å². The Hall–Kier alpha value is -3.60. The lowest BCUT2D eigenvalue weighted by Crippen LogP contribution is -2.42. The van der Waals surface area contributed by atoms with Gasteiger partial charge in [0.2, 0.25) is 11.9 Å². The van der Waals surface area contributed by atoms with Gasteiger partial charge in [0, 0.05) is 12.7 Å². The summed E-state index contributed by atoms with van der Waals surface area (Å²) in [6, 6.07) is 6.24. The van der Waals surface area contributed by atoms with Crippen molar-refractivity contribution in [3.8, 4) is 6.07 Å². The normalized spacial score (nSPS) is 13.6. The molecule has 0 aliphatic heterocycles. The smallest absolute Gasteiger partial charge is 0.407 e. The van der Waals surface area contributed by atoms with Crippen LogP contribution in [-0.4, -0.2) is 44.6 Å². The SMILES string of the molecule is CC(C(=O)Nc1nc2ccc(C#N)cc2n1C1=CC=C1)N(C)C(=O)O. The molecule has 0 radical (unpaired) electrons. The fraction of sp³-hybridized carbons (Fsp3) is 0.176. The Morgan fingerprint density at radius 3 is 2.72 bits per heavy atom. The monoisotopic (exact) mass is 337 g/mol. The highest BCUT2D eigenvalue weighted by molar-refractivity contribution is 5.98. The van der Waals surface area contributed by atoms with Gasteiger partial charge in [0.1, 0.15) is 6.04 Å². The molecule has 1 heterocycles. The topological polar surface area (TPSA) is 111 Å². The zero-order chi connectivity index (χ0) is 18.1. The van der Waals surface area contributed by atoms with Crippen LogP contribution in [0.4, 0.5) is 10.7 Å². The summed E-state index contributed by atoms with van der Waals surface area (Å²) in [6.07, 6.45) is 4.35. The van der Waals surface area contributed by atoms with Gasteiger partial charge in [0.15, 0.2) is 0 Å². The van der Waals surface area contributed by atoms with Gasteiger partial charge < -0.3 is 5.11 Å². The number of nitrogens with one attached hydrogen (secondary N) is 1. The number of nitriles is 1. The molecule has 0 bridgehead atoms. The number of carbonyl (C=O) groups is 2. The first-order chi connectivity index (χ1) is 11.9. The number of hydrogen-bond acceptors (Lipinski definition) is 4. The van der Waals surface area contributed by atoms with Gasteiger partial charge in [-0.25, -0.2) is 9.78 Å². The second-order valence-electron chi connectivity index (χ2n) is 5.60. The van der Waals surface area contributed by atoms with Gasteiger partial charge in [-0.2, -0.15) is 5.26 Å². The van der Waals surface area contributed by atoms with Gasteiger partial charge in [-0.15, -0.1) is 0 Å². The van der Waals surface area contributed by atoms with Crippen molar-refractivity contribution in [2.45, 2.75) is 13.0 Å². The molecule has 0 fully saturated rings. The first-order valence-corrected chi connectivity index (χ1v) is 7.50. The van der Waals surface area contributed by atoms with E-state index in [0.29, 0.717) is 16.6 Å². The molecule has 1 aliphatic carbocycles. The summed E-state index contributed by atoms with van der Waals surface area (Å²) in [5.41, 5.74) is 2.60. The number of rotatable bonds is 4. The maximum absolute atomic E-state index is 12.4. The molecule has 3 rings (SSSR count). The first kappa shape index (κ1) is 16.3. The Morgan fingerprint density at radius 1 is 1.44 bits per heavy atom. The van der Waals surface area contributed by atoms with Gasteiger partial charge in [0.05, 0.1) is 22.7 Å². The van der Waals surface area contributed by atoms with Crippen LogP contribution < -0.4 is 5.32 Å². The number of aromatic nitrogens is 2. The van der Waals surface area contributed by atoms with E-state index in [9.17, 15) is 9.59 Å². The molecule has 1 aromatic heterocycles. The van der Waals surface area contributed by atoms with Crippen LogP contribution in [0.5, 0.6) is 0 Å². The third kappa shape index (κ3) is 2.83. The molecule has 0 saturated heterocycles. The molecule has 25 heavy (non-hydrogen) atoms. The molecule has 0 spiro atoms. The number of hydrogen-bond donors (Lipinski definition) is 2. The lowest BCUT2D eigenvalue weighted by Gasteiger charge is -2.21. The Balaban J connectivity index is 2.00. The molecule has 1 aromatic carbocycles. The fourth-order valence-electron chi connectivity index (χ4n) is 2.38. The molecule has 1 unspecified atom stereocenters. The molecule has 2 amide bonds. The number of allylic oxidation sites excluding steroid dienone is 4. The minimum Gasteiger partial charge on any atom is -0.465 e. The number of likely N-dealkylation sites (N-methyl/N-ethyl adjacent to an activating group) is 1. The van der Waals surface area contributed by atoms with E-state index in [4.69, 9.17) is 10.4 Å². The molecular weight excluding hydrogens is 322 g/mol. The summed E-state index contributed by atoms with van der Waals surface area (Å²) in [5.74, 6) is -0.220. The predicted octanol–water partition coefficient (Wildman–Crippen LogP) is 2.26. The van der Waals surface area contributed by atoms with Crippen LogP contribution in [0.2, 0.25) is 0 Å². The summed E-state index contributed by atoms with van der Waals surface area (Å²) in [5, 5.41) is 20.8. The Labute approximate surface area is 143 Å². The Bertz CT molecular complexity index is 980. The van der Waals surface area contributed by atoms with Crippen molar-refractivity contribution in [1.29, 1.82) is 5.26 Å². The van der Waals surface area contributed by atoms with Crippen LogP contribution in [0.1, 0.15) is 12.5 Å². The zero-order valence-electron chi connectivity index (χ0n) is 13.6. The maximum Gasteiger partial charge on any atom is 0.407 e. The van der Waals surface area contributed by atoms with Crippen LogP contribution in [0.15, 0.2) is 36.4 Å². The number of benzene rings is 1. The molecule has 8 heteroatoms. The standard InChI is InChI=1S/C17H15N5O3/c1-10(21(2)17(24)25)15(23)20-16-19-13-7-6-11(9-18)8-14(13)22(16)12-4-3-5-12/h3-8,10H,1-2H3,(H,24,25)(H,19,20,23). The minimum atomic E-state index is -1.19. The van der Waals surface area contributed by atoms with Crippen molar-refractivity contribution in [3.05, 3.63) is 42.0 Å². The van der Waals surface area contributed by atoms with Gasteiger partial charge in [-0.3, -0.25) is 19.6 Å². The second-order valence-corrected chi connectivity index (χ2v) is 5.60. The average Bonchev–Trinajstić information content (AvgIpc) is 2.89. The molecule has 0 saturated carbocycles. The quantitative estimate of drug-likeness (QED) is 0.889. The van der Waals surface area contributed by atoms with Crippen LogP contribution in [0, 0.1) is 11.3 Å². The third-order valence-electron chi connectivity index (χ3n) is 4.07. The highest BCUT2D eigenvalue weighted by Gasteiger charge is 2.24. The van der Waals surface area contributed by atoms with Crippen LogP contribution >= 0.6 is 0 Å². The number of carbonyl (C=O) groups excluding carboxylic acids is 1. The van der Waals surface area contributed by atoms with E-state index in [1.54, 1.807) is 22.8 Å². The van der Waals surface area contributed by atoms with Crippen molar-refractivity contribution in [3.63, 3.8) is 0 Å². The van der Waals surface area contributed by atoms with Gasteiger partial charge >= 0.3 is 6.09 Å². The number of amides is 2. The van der Waals surface area contributed by atoms with Crippen LogP contribution in [0.25, 0.3) is 16.7 Å². The van der Waals surface area contributed by atoms with E-state index >= 15 is 0 Å². The van der Waals surface area contributed by atoms with E-state index in [0.717, 1.165) is 10.6 Å². The van der Waals surface area contributed by atoms with Crippen LogP contribution in [-0.2, 0) is 4.79 Å². The molecule has 126 valence electrons. The largest absolute Gasteiger partial charge is 0.465 e. The molecular formula is C17H15N5O3. The summed E-state index contributed by atoms with van der Waals surface area (Å²) < 4.78 is 1.72. The molecule has 8 nitrogen and oxygen atoms in total. The number of anilines is 1. The third-order valence-corrected chi connectivity index (χ3v) is 4.07. The summed E-state index contributed by atoms with van der Waals surface area (Å²) >= 11 is 0. The second kappa shape index (κ2) is 6.13. The Morgan fingerprint density at radius 2 is 2.16 bits per heavy atom. The van der Waals surface area contributed by atoms with Crippen molar-refractivity contribution in [2.75, 3.05) is 12.4 Å². The summed E-state index contributed by atoms with van der Waals surface area (Å²) in [4.78, 5) is 28.7. The first-order valence-electron chi connectivity index (χ1n) is 7.50. The van der Waals surface area contributed by atoms with E-state index in [1.165, 1.54) is 14.0 Å². The van der Waals surface area contributed by atoms with E-state index in [-0.39, 0.29) is 5.95 Å². The molecule has 2 aromatic rings. The predicted molar refractivity (Wildman–Crippen MR) is 91.7 cm³/mol. The summed E-state index contributed by atoms with van der Waals surface area (Å²) in [6.45, 7) is 1.49. The van der Waals surface area contributed by atoms with Gasteiger partial charge in [-0.1, -0.05) is 6.08 Å². The van der Waals surface area contributed by atoms with Crippen molar-refractivity contribution in [1.82, 2.24) is 14.5 Å². The highest BCUT2D eigenvalue weighted by atomic mass is 16.4. The Kier molecular flexibility index (Phi) is 3.99. The number of imidazole rings is 1. The number of fused-ring (bicyclic) bond motifs is 1. The van der Waals surface area contributed by atoms with Crippen molar-refractivity contribution < 1.29 is 14.7 Å². The van der Waals surface area contributed by atoms with Gasteiger partial charge in [0.25, 0.3) is 0 Å². The van der Waals surface area contributed by atoms with E-state index in [1.807, 2.05) is 18.2 Å². The van der Waals surface area contributed by atoms with Crippen molar-refractivity contribution >= 4 is 34.7 Å². The van der Waals surface area contributed by atoms with Gasteiger partial charge in [-0.05, 0) is 37.3 Å². The van der Waals surface area contributed by atoms with Crippen LogP contribution in [0.3, 0.4) is 0 Å². The lowest BCUT2D eigenvalue weighted by molar-refractivity contribution is -0.119. The molecule has 1 aliphatic rings. The molecule has 1 atom stereocenters. The van der Waals surface area contributed by atoms with Crippen molar-refractivity contribution in [2.24, 2.45) is 0 Å². The minimum absolute atomic E-state index is 0.274.